The first-order chi connectivity index (χ1) is 7.77. The summed E-state index contributed by atoms with van der Waals surface area (Å²) in [6.07, 6.45) is 2.44. The van der Waals surface area contributed by atoms with Gasteiger partial charge in [-0.15, -0.1) is 0 Å². The summed E-state index contributed by atoms with van der Waals surface area (Å²) in [7, 11) is 0. The van der Waals surface area contributed by atoms with Crippen molar-refractivity contribution in [1.29, 1.82) is 0 Å². The third-order valence-electron chi connectivity index (χ3n) is 2.42. The summed E-state index contributed by atoms with van der Waals surface area (Å²) in [5.74, 6) is 0. The SMILES string of the molecule is CCn1ncc(C=O)c1-c1ccccc1Br. The van der Waals surface area contributed by atoms with Crippen LogP contribution in [-0.4, -0.2) is 16.1 Å². The smallest absolute Gasteiger partial charge is 0.153 e. The van der Waals surface area contributed by atoms with Gasteiger partial charge in [0.05, 0.1) is 17.5 Å². The highest BCUT2D eigenvalue weighted by atomic mass is 79.9. The largest absolute Gasteiger partial charge is 0.298 e. The zero-order chi connectivity index (χ0) is 11.5. The summed E-state index contributed by atoms with van der Waals surface area (Å²) in [6, 6.07) is 7.82. The summed E-state index contributed by atoms with van der Waals surface area (Å²) < 4.78 is 2.79. The predicted octanol–water partition coefficient (Wildman–Crippen LogP) is 3.15. The van der Waals surface area contributed by atoms with E-state index in [0.717, 1.165) is 28.6 Å². The lowest BCUT2D eigenvalue weighted by atomic mass is 10.1. The molecule has 2 aromatic rings. The van der Waals surface area contributed by atoms with Crippen LogP contribution >= 0.6 is 15.9 Å². The molecule has 1 heterocycles. The number of benzene rings is 1. The van der Waals surface area contributed by atoms with Gasteiger partial charge in [-0.1, -0.05) is 34.1 Å². The van der Waals surface area contributed by atoms with E-state index in [1.807, 2.05) is 35.9 Å². The topological polar surface area (TPSA) is 34.9 Å². The maximum Gasteiger partial charge on any atom is 0.153 e. The van der Waals surface area contributed by atoms with Crippen molar-refractivity contribution in [3.05, 3.63) is 40.5 Å². The first kappa shape index (κ1) is 11.1. The van der Waals surface area contributed by atoms with Gasteiger partial charge in [0.2, 0.25) is 0 Å². The summed E-state index contributed by atoms with van der Waals surface area (Å²) in [6.45, 7) is 2.74. The molecule has 0 unspecified atom stereocenters. The van der Waals surface area contributed by atoms with E-state index in [4.69, 9.17) is 0 Å². The summed E-state index contributed by atoms with van der Waals surface area (Å²) in [5, 5.41) is 4.19. The van der Waals surface area contributed by atoms with Gasteiger partial charge in [-0.25, -0.2) is 0 Å². The molecule has 0 fully saturated rings. The number of carbonyl (C=O) groups excluding carboxylic acids is 1. The first-order valence-corrected chi connectivity index (χ1v) is 5.83. The van der Waals surface area contributed by atoms with Gasteiger partial charge in [0.25, 0.3) is 0 Å². The van der Waals surface area contributed by atoms with Gasteiger partial charge in [0.15, 0.2) is 6.29 Å². The average molecular weight is 279 g/mol. The lowest BCUT2D eigenvalue weighted by Crippen LogP contribution is -2.00. The van der Waals surface area contributed by atoms with Crippen LogP contribution in [-0.2, 0) is 6.54 Å². The molecule has 0 amide bonds. The van der Waals surface area contributed by atoms with Crippen molar-refractivity contribution in [2.45, 2.75) is 13.5 Å². The fourth-order valence-corrected chi connectivity index (χ4v) is 2.15. The number of carbonyl (C=O) groups is 1. The molecular formula is C12H11BrN2O. The number of aromatic nitrogens is 2. The highest BCUT2D eigenvalue weighted by Gasteiger charge is 2.13. The molecule has 0 radical (unpaired) electrons. The number of rotatable bonds is 3. The van der Waals surface area contributed by atoms with Crippen LogP contribution < -0.4 is 0 Å². The molecule has 0 atom stereocenters. The second kappa shape index (κ2) is 4.61. The zero-order valence-electron chi connectivity index (χ0n) is 8.85. The highest BCUT2D eigenvalue weighted by Crippen LogP contribution is 2.29. The van der Waals surface area contributed by atoms with Crippen LogP contribution in [0.25, 0.3) is 11.3 Å². The molecule has 0 spiro atoms. The van der Waals surface area contributed by atoms with Gasteiger partial charge in [-0.2, -0.15) is 5.10 Å². The number of aryl methyl sites for hydroxylation is 1. The van der Waals surface area contributed by atoms with Gasteiger partial charge < -0.3 is 0 Å². The van der Waals surface area contributed by atoms with Crippen LogP contribution in [0.3, 0.4) is 0 Å². The molecule has 3 nitrogen and oxygen atoms in total. The van der Waals surface area contributed by atoms with E-state index < -0.39 is 0 Å². The highest BCUT2D eigenvalue weighted by molar-refractivity contribution is 9.10. The molecule has 0 saturated carbocycles. The number of aldehydes is 1. The molecule has 0 aliphatic carbocycles. The van der Waals surface area contributed by atoms with Gasteiger partial charge in [0.1, 0.15) is 0 Å². The van der Waals surface area contributed by atoms with Crippen molar-refractivity contribution in [3.8, 4) is 11.3 Å². The fraction of sp³-hybridized carbons (Fsp3) is 0.167. The molecule has 0 aliphatic heterocycles. The van der Waals surface area contributed by atoms with Crippen LogP contribution in [0.2, 0.25) is 0 Å². The lowest BCUT2D eigenvalue weighted by molar-refractivity contribution is 0.112. The molecule has 2 rings (SSSR count). The molecule has 82 valence electrons. The Morgan fingerprint density at radius 1 is 1.44 bits per heavy atom. The predicted molar refractivity (Wildman–Crippen MR) is 66.4 cm³/mol. The van der Waals surface area contributed by atoms with Crippen molar-refractivity contribution >= 4 is 22.2 Å². The second-order valence-electron chi connectivity index (χ2n) is 3.36. The number of hydrogen-bond donors (Lipinski definition) is 0. The van der Waals surface area contributed by atoms with Crippen molar-refractivity contribution in [2.75, 3.05) is 0 Å². The summed E-state index contributed by atoms with van der Waals surface area (Å²) in [5.41, 5.74) is 2.47. The van der Waals surface area contributed by atoms with E-state index in [9.17, 15) is 4.79 Å². The van der Waals surface area contributed by atoms with E-state index in [1.54, 1.807) is 6.20 Å². The van der Waals surface area contributed by atoms with E-state index in [0.29, 0.717) is 5.56 Å². The van der Waals surface area contributed by atoms with Gasteiger partial charge in [-0.3, -0.25) is 9.48 Å². The Kier molecular flexibility index (Phi) is 3.19. The lowest BCUT2D eigenvalue weighted by Gasteiger charge is -2.07. The fourth-order valence-electron chi connectivity index (χ4n) is 1.67. The van der Waals surface area contributed by atoms with Gasteiger partial charge in [-0.05, 0) is 13.0 Å². The monoisotopic (exact) mass is 278 g/mol. The normalized spacial score (nSPS) is 10.4. The molecule has 16 heavy (non-hydrogen) atoms. The quantitative estimate of drug-likeness (QED) is 0.809. The van der Waals surface area contributed by atoms with Crippen molar-refractivity contribution in [2.24, 2.45) is 0 Å². The maximum absolute atomic E-state index is 11.0. The minimum absolute atomic E-state index is 0.619. The maximum atomic E-state index is 11.0. The van der Waals surface area contributed by atoms with Crippen molar-refractivity contribution < 1.29 is 4.79 Å². The van der Waals surface area contributed by atoms with E-state index in [1.165, 1.54) is 0 Å². The third kappa shape index (κ3) is 1.80. The van der Waals surface area contributed by atoms with Gasteiger partial charge >= 0.3 is 0 Å². The molecule has 0 bridgehead atoms. The second-order valence-corrected chi connectivity index (χ2v) is 4.22. The number of hydrogen-bond acceptors (Lipinski definition) is 2. The number of nitrogens with zero attached hydrogens (tertiary/aromatic N) is 2. The minimum Gasteiger partial charge on any atom is -0.298 e. The third-order valence-corrected chi connectivity index (χ3v) is 3.11. The standard InChI is InChI=1S/C12H11BrN2O/c1-2-15-12(9(8-16)7-14-15)10-5-3-4-6-11(10)13/h3-8H,2H2,1H3. The zero-order valence-corrected chi connectivity index (χ0v) is 10.4. The molecule has 1 aromatic carbocycles. The van der Waals surface area contributed by atoms with Gasteiger partial charge in [0, 0.05) is 16.6 Å². The minimum atomic E-state index is 0.619. The first-order valence-electron chi connectivity index (χ1n) is 5.03. The van der Waals surface area contributed by atoms with Crippen LogP contribution in [0.4, 0.5) is 0 Å². The Morgan fingerprint density at radius 2 is 2.19 bits per heavy atom. The summed E-state index contributed by atoms with van der Waals surface area (Å²) >= 11 is 3.49. The van der Waals surface area contributed by atoms with E-state index >= 15 is 0 Å². The van der Waals surface area contributed by atoms with Crippen molar-refractivity contribution in [3.63, 3.8) is 0 Å². The Morgan fingerprint density at radius 3 is 2.81 bits per heavy atom. The Labute approximate surface area is 102 Å². The van der Waals surface area contributed by atoms with Crippen molar-refractivity contribution in [1.82, 2.24) is 9.78 Å². The molecule has 1 aromatic heterocycles. The Balaban J connectivity index is 2.67. The van der Waals surface area contributed by atoms with E-state index in [-0.39, 0.29) is 0 Å². The van der Waals surface area contributed by atoms with Crippen LogP contribution in [0.1, 0.15) is 17.3 Å². The molecule has 0 N–H and O–H groups in total. The Bertz CT molecular complexity index is 519. The Hall–Kier alpha value is -1.42. The molecular weight excluding hydrogens is 268 g/mol. The number of halogens is 1. The molecule has 0 aliphatic rings. The van der Waals surface area contributed by atoms with Crippen LogP contribution in [0.15, 0.2) is 34.9 Å². The van der Waals surface area contributed by atoms with E-state index in [2.05, 4.69) is 21.0 Å². The molecule has 4 heteroatoms. The summed E-state index contributed by atoms with van der Waals surface area (Å²) in [4.78, 5) is 11.0. The van der Waals surface area contributed by atoms with Crippen LogP contribution in [0.5, 0.6) is 0 Å². The van der Waals surface area contributed by atoms with Crippen LogP contribution in [0, 0.1) is 0 Å². The average Bonchev–Trinajstić information content (AvgIpc) is 2.72. The molecule has 0 saturated heterocycles.